The van der Waals surface area contributed by atoms with Crippen molar-refractivity contribution in [2.24, 2.45) is 0 Å². The van der Waals surface area contributed by atoms with Crippen LogP contribution in [0.5, 0.6) is 0 Å². The highest BCUT2D eigenvalue weighted by Crippen LogP contribution is 2.11. The topological polar surface area (TPSA) is 45.2 Å². The van der Waals surface area contributed by atoms with Gasteiger partial charge in [0, 0.05) is 42.2 Å². The molecular weight excluding hydrogens is 342 g/mol. The van der Waals surface area contributed by atoms with Crippen LogP contribution in [0.25, 0.3) is 0 Å². The number of benzene rings is 1. The van der Waals surface area contributed by atoms with Crippen LogP contribution in [0.1, 0.15) is 15.9 Å². The van der Waals surface area contributed by atoms with Gasteiger partial charge in [0.25, 0.3) is 5.91 Å². The van der Waals surface area contributed by atoms with Gasteiger partial charge in [0.15, 0.2) is 0 Å². The number of aromatic nitrogens is 1. The van der Waals surface area contributed by atoms with E-state index in [0.717, 1.165) is 15.7 Å². The fourth-order valence-corrected chi connectivity index (χ4v) is 2.12. The molecule has 22 heavy (non-hydrogen) atoms. The molecule has 1 amide bonds. The van der Waals surface area contributed by atoms with Crippen molar-refractivity contribution in [2.75, 3.05) is 25.5 Å². The third-order valence-electron chi connectivity index (χ3n) is 2.92. The zero-order chi connectivity index (χ0) is 15.9. The van der Waals surface area contributed by atoms with Crippen LogP contribution in [-0.4, -0.2) is 31.5 Å². The van der Waals surface area contributed by atoms with E-state index in [-0.39, 0.29) is 5.91 Å². The summed E-state index contributed by atoms with van der Waals surface area (Å²) < 4.78 is 0.771. The van der Waals surface area contributed by atoms with Crippen LogP contribution in [0.3, 0.4) is 0 Å². The van der Waals surface area contributed by atoms with Gasteiger partial charge in [0.05, 0.1) is 12.1 Å². The summed E-state index contributed by atoms with van der Waals surface area (Å²) in [6.45, 7) is 0.292. The number of hydrogen-bond acceptors (Lipinski definition) is 3. The minimum atomic E-state index is -0.189. The zero-order valence-corrected chi connectivity index (χ0v) is 14.0. The highest BCUT2D eigenvalue weighted by atomic mass is 79.9. The fraction of sp³-hybridized carbons (Fsp3) is 0.176. The van der Waals surface area contributed by atoms with E-state index in [4.69, 9.17) is 0 Å². The van der Waals surface area contributed by atoms with Gasteiger partial charge in [-0.1, -0.05) is 11.8 Å². The Morgan fingerprint density at radius 1 is 1.27 bits per heavy atom. The Hall–Kier alpha value is -2.32. The number of amides is 1. The van der Waals surface area contributed by atoms with E-state index in [9.17, 15) is 4.79 Å². The van der Waals surface area contributed by atoms with Gasteiger partial charge in [-0.25, -0.2) is 0 Å². The molecule has 0 aliphatic carbocycles. The van der Waals surface area contributed by atoms with Crippen LogP contribution in [0, 0.1) is 11.8 Å². The lowest BCUT2D eigenvalue weighted by molar-refractivity contribution is 0.0958. The quantitative estimate of drug-likeness (QED) is 0.859. The van der Waals surface area contributed by atoms with Gasteiger partial charge in [0.2, 0.25) is 0 Å². The van der Waals surface area contributed by atoms with E-state index in [1.807, 2.05) is 43.3 Å². The second-order valence-corrected chi connectivity index (χ2v) is 5.73. The Morgan fingerprint density at radius 3 is 2.64 bits per heavy atom. The molecule has 0 aliphatic heterocycles. The maximum atomic E-state index is 11.9. The number of anilines is 1. The molecule has 1 N–H and O–H groups in total. The molecular formula is C17H16BrN3O. The highest BCUT2D eigenvalue weighted by molar-refractivity contribution is 9.10. The van der Waals surface area contributed by atoms with E-state index in [1.54, 1.807) is 12.3 Å². The molecule has 0 saturated heterocycles. The number of halogens is 1. The van der Waals surface area contributed by atoms with Crippen molar-refractivity contribution >= 4 is 27.5 Å². The molecule has 0 atom stereocenters. The lowest BCUT2D eigenvalue weighted by Gasteiger charge is -2.11. The summed E-state index contributed by atoms with van der Waals surface area (Å²) in [5.41, 5.74) is 2.55. The summed E-state index contributed by atoms with van der Waals surface area (Å²) in [4.78, 5) is 17.9. The smallest absolute Gasteiger partial charge is 0.253 e. The third-order valence-corrected chi connectivity index (χ3v) is 3.35. The molecule has 0 spiro atoms. The Balaban J connectivity index is 1.90. The summed E-state index contributed by atoms with van der Waals surface area (Å²) >= 11 is 3.28. The summed E-state index contributed by atoms with van der Waals surface area (Å²) in [7, 11) is 3.99. The van der Waals surface area contributed by atoms with Gasteiger partial charge >= 0.3 is 0 Å². The Morgan fingerprint density at radius 2 is 2.00 bits per heavy atom. The molecule has 0 fully saturated rings. The first-order valence-corrected chi connectivity index (χ1v) is 7.50. The zero-order valence-electron chi connectivity index (χ0n) is 12.4. The van der Waals surface area contributed by atoms with Crippen LogP contribution in [0.2, 0.25) is 0 Å². The Kier molecular flexibility index (Phi) is 5.56. The minimum Gasteiger partial charge on any atom is -0.378 e. The van der Waals surface area contributed by atoms with Crippen molar-refractivity contribution in [2.45, 2.75) is 0 Å². The molecule has 5 heteroatoms. The van der Waals surface area contributed by atoms with Crippen molar-refractivity contribution in [3.63, 3.8) is 0 Å². The summed E-state index contributed by atoms with van der Waals surface area (Å²) in [5.74, 6) is 5.77. The largest absolute Gasteiger partial charge is 0.378 e. The van der Waals surface area contributed by atoms with Crippen molar-refractivity contribution < 1.29 is 4.79 Å². The Bertz CT molecular complexity index is 715. The number of nitrogens with zero attached hydrogens (tertiary/aromatic N) is 2. The van der Waals surface area contributed by atoms with Gasteiger partial charge in [-0.05, 0) is 46.3 Å². The maximum Gasteiger partial charge on any atom is 0.253 e. The molecule has 0 unspecified atom stereocenters. The fourth-order valence-electron chi connectivity index (χ4n) is 1.75. The average molecular weight is 358 g/mol. The number of hydrogen-bond donors (Lipinski definition) is 1. The summed E-state index contributed by atoms with van der Waals surface area (Å²) in [6, 6.07) is 9.66. The summed E-state index contributed by atoms with van der Waals surface area (Å²) in [5, 5.41) is 2.74. The van der Waals surface area contributed by atoms with Gasteiger partial charge < -0.3 is 10.2 Å². The number of nitrogens with one attached hydrogen (secondary N) is 1. The molecule has 1 aromatic carbocycles. The monoisotopic (exact) mass is 357 g/mol. The highest BCUT2D eigenvalue weighted by Gasteiger charge is 2.04. The van der Waals surface area contributed by atoms with Crippen LogP contribution in [0.4, 0.5) is 5.69 Å². The molecule has 112 valence electrons. The molecule has 0 bridgehead atoms. The lowest BCUT2D eigenvalue weighted by Crippen LogP contribution is -2.23. The normalized spacial score (nSPS) is 9.59. The van der Waals surface area contributed by atoms with Crippen molar-refractivity contribution in [3.8, 4) is 11.8 Å². The first kappa shape index (κ1) is 16.1. The molecule has 1 heterocycles. The first-order valence-electron chi connectivity index (χ1n) is 6.71. The van der Waals surface area contributed by atoms with Gasteiger partial charge in [-0.15, -0.1) is 0 Å². The second-order valence-electron chi connectivity index (χ2n) is 4.82. The predicted molar refractivity (Wildman–Crippen MR) is 91.9 cm³/mol. The summed E-state index contributed by atoms with van der Waals surface area (Å²) in [6.07, 6.45) is 3.15. The molecule has 4 nitrogen and oxygen atoms in total. The average Bonchev–Trinajstić information content (AvgIpc) is 2.51. The number of carbonyl (C=O) groups excluding carboxylic acids is 1. The van der Waals surface area contributed by atoms with Crippen molar-refractivity contribution in [3.05, 3.63) is 58.3 Å². The van der Waals surface area contributed by atoms with Crippen LogP contribution in [-0.2, 0) is 0 Å². The van der Waals surface area contributed by atoms with Crippen molar-refractivity contribution in [1.82, 2.24) is 10.3 Å². The standard InChI is InChI=1S/C17H16BrN3O/c1-21(2)16-7-5-13(6-8-16)4-3-9-20-17(22)14-10-15(18)12-19-11-14/h5-8,10-12H,9H2,1-2H3,(H,20,22). The molecule has 1 aromatic heterocycles. The van der Waals surface area contributed by atoms with E-state index in [1.165, 1.54) is 6.20 Å². The van der Waals surface area contributed by atoms with Gasteiger partial charge in [0.1, 0.15) is 0 Å². The first-order chi connectivity index (χ1) is 10.6. The molecule has 2 rings (SSSR count). The molecule has 0 aliphatic rings. The number of pyridine rings is 1. The molecule has 0 saturated carbocycles. The van der Waals surface area contributed by atoms with E-state index < -0.39 is 0 Å². The minimum absolute atomic E-state index is 0.189. The van der Waals surface area contributed by atoms with Crippen LogP contribution >= 0.6 is 15.9 Å². The SMILES string of the molecule is CN(C)c1ccc(C#CCNC(=O)c2cncc(Br)c2)cc1. The van der Waals surface area contributed by atoms with Crippen LogP contribution in [0.15, 0.2) is 47.2 Å². The number of carbonyl (C=O) groups is 1. The van der Waals surface area contributed by atoms with Crippen molar-refractivity contribution in [1.29, 1.82) is 0 Å². The molecule has 0 radical (unpaired) electrons. The Labute approximate surface area is 138 Å². The van der Waals surface area contributed by atoms with E-state index in [2.05, 4.69) is 38.1 Å². The van der Waals surface area contributed by atoms with Crippen LogP contribution < -0.4 is 10.2 Å². The van der Waals surface area contributed by atoms with Gasteiger partial charge in [-0.2, -0.15) is 0 Å². The van der Waals surface area contributed by atoms with E-state index in [0.29, 0.717) is 12.1 Å². The lowest BCUT2D eigenvalue weighted by atomic mass is 10.2. The number of rotatable bonds is 3. The third kappa shape index (κ3) is 4.61. The van der Waals surface area contributed by atoms with E-state index >= 15 is 0 Å². The van der Waals surface area contributed by atoms with Gasteiger partial charge in [-0.3, -0.25) is 9.78 Å². The molecule has 2 aromatic rings. The second kappa shape index (κ2) is 7.62. The predicted octanol–water partition coefficient (Wildman–Crippen LogP) is 2.69. The maximum absolute atomic E-state index is 11.9.